The van der Waals surface area contributed by atoms with Crippen LogP contribution in [0.4, 0.5) is 0 Å². The van der Waals surface area contributed by atoms with Crippen molar-refractivity contribution in [3.8, 4) is 34.4 Å². The van der Waals surface area contributed by atoms with Gasteiger partial charge in [0.1, 0.15) is 16.9 Å². The molecule has 2 N–H and O–H groups in total. The lowest BCUT2D eigenvalue weighted by Crippen LogP contribution is -2.40. The molecule has 1 amide bonds. The van der Waals surface area contributed by atoms with E-state index in [1.807, 2.05) is 52.9 Å². The Morgan fingerprint density at radius 1 is 1.04 bits per heavy atom. The number of nitrogens with zero attached hydrogens (tertiary/aromatic N) is 6. The smallest absolute Gasteiger partial charge is 0.312 e. The maximum absolute atomic E-state index is 13.8. The van der Waals surface area contributed by atoms with Crippen LogP contribution in [0.25, 0.3) is 44.8 Å². The molecule has 3 atom stereocenters. The van der Waals surface area contributed by atoms with Crippen LogP contribution in [0, 0.1) is 0 Å². The van der Waals surface area contributed by atoms with Crippen molar-refractivity contribution in [1.29, 1.82) is 0 Å². The molecule has 5 aromatic rings. The summed E-state index contributed by atoms with van der Waals surface area (Å²) in [6.07, 6.45) is 9.56. The zero-order chi connectivity index (χ0) is 32.2. The maximum atomic E-state index is 13.8. The third-order valence-corrected chi connectivity index (χ3v) is 10.2. The van der Waals surface area contributed by atoms with Crippen molar-refractivity contribution in [3.05, 3.63) is 54.2 Å². The van der Waals surface area contributed by atoms with Gasteiger partial charge in [0.15, 0.2) is 5.82 Å². The van der Waals surface area contributed by atoms with Crippen molar-refractivity contribution >= 4 is 33.9 Å². The number of ether oxygens (including phenoxy) is 2. The Hall–Kier alpha value is -4.77. The highest BCUT2D eigenvalue weighted by Crippen LogP contribution is 2.40. The summed E-state index contributed by atoms with van der Waals surface area (Å²) in [6, 6.07) is 13.9. The van der Waals surface area contributed by atoms with E-state index in [0.717, 1.165) is 86.0 Å². The van der Waals surface area contributed by atoms with Crippen LogP contribution in [0.3, 0.4) is 0 Å². The van der Waals surface area contributed by atoms with Gasteiger partial charge in [-0.25, -0.2) is 15.0 Å². The first-order valence-electron chi connectivity index (χ1n) is 16.7. The molecule has 0 radical (unpaired) electrons. The molecule has 47 heavy (non-hydrogen) atoms. The van der Waals surface area contributed by atoms with E-state index in [-0.39, 0.29) is 35.9 Å². The Kier molecular flexibility index (Phi) is 7.43. The molecule has 2 fully saturated rings. The SMILES string of the molecule is COc1cc(C(=O)N2[C@H]3CC[C@@H]2[C@H](N)C3)cc2nc(-c3cc4ccc5nc4n3CCCCCCCC(=O)Oc3ncccc3-5)n(C)c12. The quantitative estimate of drug-likeness (QED) is 0.253. The lowest BCUT2D eigenvalue weighted by Gasteiger charge is -2.23. The number of benzene rings is 1. The van der Waals surface area contributed by atoms with Gasteiger partial charge in [0, 0.05) is 55.3 Å². The van der Waals surface area contributed by atoms with E-state index in [1.165, 1.54) is 0 Å². The van der Waals surface area contributed by atoms with Gasteiger partial charge in [-0.3, -0.25) is 9.59 Å². The summed E-state index contributed by atoms with van der Waals surface area (Å²) in [5, 5.41) is 0.978. The van der Waals surface area contributed by atoms with Crippen LogP contribution in [0.5, 0.6) is 11.6 Å². The largest absolute Gasteiger partial charge is 0.494 e. The number of esters is 1. The average Bonchev–Trinajstić information content (AvgIpc) is 3.83. The van der Waals surface area contributed by atoms with Crippen LogP contribution in [0.2, 0.25) is 0 Å². The van der Waals surface area contributed by atoms with Crippen molar-refractivity contribution in [2.75, 3.05) is 7.11 Å². The third kappa shape index (κ3) is 5.04. The fourth-order valence-electron chi connectivity index (χ4n) is 7.90. The van der Waals surface area contributed by atoms with Gasteiger partial charge in [-0.1, -0.05) is 19.3 Å². The van der Waals surface area contributed by atoms with E-state index in [1.54, 1.807) is 13.3 Å². The molecule has 7 heterocycles. The summed E-state index contributed by atoms with van der Waals surface area (Å²) in [6.45, 7) is 0.757. The number of hydrogen-bond donors (Lipinski definition) is 1. The molecule has 1 aromatic carbocycles. The van der Waals surface area contributed by atoms with Gasteiger partial charge in [0.05, 0.1) is 29.6 Å². The van der Waals surface area contributed by atoms with Gasteiger partial charge in [-0.15, -0.1) is 0 Å². The van der Waals surface area contributed by atoms with E-state index in [4.69, 9.17) is 25.2 Å². The molecular formula is C36H39N7O4. The summed E-state index contributed by atoms with van der Waals surface area (Å²) in [7, 11) is 3.62. The molecule has 242 valence electrons. The van der Waals surface area contributed by atoms with E-state index in [2.05, 4.69) is 15.6 Å². The molecule has 0 aliphatic carbocycles. The fraction of sp³-hybridized carbons (Fsp3) is 0.417. The second-order valence-corrected chi connectivity index (χ2v) is 13.1. The van der Waals surface area contributed by atoms with Crippen LogP contribution in [0.15, 0.2) is 48.7 Å². The highest BCUT2D eigenvalue weighted by atomic mass is 16.5. The Bertz CT molecular complexity index is 2030. The van der Waals surface area contributed by atoms with Crippen molar-refractivity contribution in [3.63, 3.8) is 0 Å². The van der Waals surface area contributed by atoms with E-state index in [0.29, 0.717) is 34.5 Å². The van der Waals surface area contributed by atoms with E-state index >= 15 is 0 Å². The molecule has 11 heteroatoms. The molecule has 4 aromatic heterocycles. The zero-order valence-electron chi connectivity index (χ0n) is 26.8. The van der Waals surface area contributed by atoms with Gasteiger partial charge in [-0.2, -0.15) is 0 Å². The van der Waals surface area contributed by atoms with Gasteiger partial charge >= 0.3 is 5.97 Å². The van der Waals surface area contributed by atoms with E-state index in [9.17, 15) is 9.59 Å². The maximum Gasteiger partial charge on any atom is 0.312 e. The fourth-order valence-corrected chi connectivity index (χ4v) is 7.90. The second-order valence-electron chi connectivity index (χ2n) is 13.1. The van der Waals surface area contributed by atoms with Gasteiger partial charge < -0.3 is 29.2 Å². The average molecular weight is 634 g/mol. The molecule has 8 rings (SSSR count). The van der Waals surface area contributed by atoms with Crippen LogP contribution < -0.4 is 15.2 Å². The topological polar surface area (TPSA) is 130 Å². The highest BCUT2D eigenvalue weighted by Gasteiger charge is 2.47. The number of rotatable bonds is 3. The predicted octanol–water partition coefficient (Wildman–Crippen LogP) is 5.62. The minimum atomic E-state index is -0.273. The lowest BCUT2D eigenvalue weighted by molar-refractivity contribution is -0.134. The molecule has 4 bridgehead atoms. The Morgan fingerprint density at radius 3 is 2.70 bits per heavy atom. The minimum absolute atomic E-state index is 0.00638. The van der Waals surface area contributed by atoms with Crippen molar-refractivity contribution in [2.24, 2.45) is 12.8 Å². The monoisotopic (exact) mass is 633 g/mol. The molecule has 0 saturated carbocycles. The molecule has 0 unspecified atom stereocenters. The number of carbonyl (C=O) groups excluding carboxylic acids is 2. The number of amides is 1. The normalized spacial score (nSPS) is 21.6. The van der Waals surface area contributed by atoms with Crippen molar-refractivity contribution in [1.82, 2.24) is 29.0 Å². The lowest BCUT2D eigenvalue weighted by atomic mass is 9.97. The number of pyridine rings is 2. The predicted molar refractivity (Wildman–Crippen MR) is 178 cm³/mol. The number of hydrogen-bond acceptors (Lipinski definition) is 8. The number of nitrogens with two attached hydrogens (primary N) is 1. The Morgan fingerprint density at radius 2 is 1.89 bits per heavy atom. The second kappa shape index (κ2) is 11.8. The number of fused-ring (bicyclic) bond motifs is 6. The summed E-state index contributed by atoms with van der Waals surface area (Å²) in [4.78, 5) is 43.1. The minimum Gasteiger partial charge on any atom is -0.494 e. The van der Waals surface area contributed by atoms with Crippen LogP contribution in [0.1, 0.15) is 68.1 Å². The van der Waals surface area contributed by atoms with Gasteiger partial charge in [-0.05, 0) is 74.6 Å². The summed E-state index contributed by atoms with van der Waals surface area (Å²) < 4.78 is 15.9. The molecule has 11 nitrogen and oxygen atoms in total. The highest BCUT2D eigenvalue weighted by molar-refractivity contribution is 6.01. The van der Waals surface area contributed by atoms with Crippen LogP contribution in [-0.2, 0) is 18.4 Å². The zero-order valence-corrected chi connectivity index (χ0v) is 26.8. The Labute approximate surface area is 272 Å². The number of aromatic nitrogens is 5. The molecular weight excluding hydrogens is 594 g/mol. The standard InChI is InChI=1S/C36H39N7O4/c1-41-32-27(17-22(19-30(32)46-2)36(45)43-23-12-14-28(43)25(37)20-23)40-34(41)29-18-21-11-13-26-24-9-8-15-38-35(24)47-31(44)10-6-4-3-5-7-16-42(29)33(21)39-26/h8-9,11,13,15,17-19,23,25,28H,3-7,10,12,14,16,20,37H2,1-2H3/t23-,25+,28+/m0/s1. The molecule has 3 aliphatic rings. The first-order chi connectivity index (χ1) is 22.9. The summed E-state index contributed by atoms with van der Waals surface area (Å²) >= 11 is 0. The molecule has 3 aliphatic heterocycles. The first kappa shape index (κ1) is 29.6. The number of methoxy groups -OCH3 is 1. The Balaban J connectivity index is 1.24. The van der Waals surface area contributed by atoms with Crippen LogP contribution >= 0.6 is 0 Å². The molecule has 2 saturated heterocycles. The third-order valence-electron chi connectivity index (χ3n) is 10.2. The van der Waals surface area contributed by atoms with Crippen molar-refractivity contribution in [2.45, 2.75) is 82.5 Å². The van der Waals surface area contributed by atoms with Crippen LogP contribution in [-0.4, -0.2) is 66.1 Å². The van der Waals surface area contributed by atoms with Gasteiger partial charge in [0.25, 0.3) is 5.91 Å². The number of carbonyl (C=O) groups is 2. The van der Waals surface area contributed by atoms with Gasteiger partial charge in [0.2, 0.25) is 5.88 Å². The first-order valence-corrected chi connectivity index (χ1v) is 16.7. The number of aryl methyl sites for hydroxylation is 2. The molecule has 0 spiro atoms. The summed E-state index contributed by atoms with van der Waals surface area (Å²) in [5.41, 5.74) is 11.6. The number of imidazole rings is 1. The van der Waals surface area contributed by atoms with E-state index < -0.39 is 0 Å². The summed E-state index contributed by atoms with van der Waals surface area (Å²) in [5.74, 6) is 1.36. The van der Waals surface area contributed by atoms with Crippen molar-refractivity contribution < 1.29 is 19.1 Å².